The molecule has 0 unspecified atom stereocenters. The summed E-state index contributed by atoms with van der Waals surface area (Å²) in [5.41, 5.74) is 11.5. The first-order chi connectivity index (χ1) is 21.8. The molecule has 0 aromatic heterocycles. The van der Waals surface area contributed by atoms with Gasteiger partial charge in [0.05, 0.1) is 5.69 Å². The minimum Gasteiger partial charge on any atom is -0.239 e. The molecule has 1 fully saturated rings. The predicted octanol–water partition coefficient (Wildman–Crippen LogP) is 11.3. The molecule has 6 aromatic rings. The van der Waals surface area contributed by atoms with Crippen LogP contribution in [0.25, 0.3) is 55.6 Å². The second-order valence-electron chi connectivity index (χ2n) is 12.6. The highest BCUT2D eigenvalue weighted by atomic mass is 17.0. The maximum absolute atomic E-state index is 6.33. The molecule has 0 aliphatic carbocycles. The highest BCUT2D eigenvalue weighted by molar-refractivity contribution is 6.07. The molecule has 0 radical (unpaired) electrons. The molecule has 7 rings (SSSR count). The average Bonchev–Trinajstić information content (AvgIpc) is 3.31. The Balaban J connectivity index is 1.57. The molecule has 222 valence electrons. The molecule has 0 saturated carbocycles. The van der Waals surface area contributed by atoms with Crippen molar-refractivity contribution in [2.75, 3.05) is 5.23 Å². The first-order valence-corrected chi connectivity index (χ1v) is 15.5. The second kappa shape index (κ2) is 11.5. The monoisotopic (exact) mass is 587 g/mol. The molecule has 45 heavy (non-hydrogen) atoms. The fourth-order valence-corrected chi connectivity index (χ4v) is 6.00. The normalized spacial score (nSPS) is 15.2. The Morgan fingerprint density at radius 3 is 1.22 bits per heavy atom. The van der Waals surface area contributed by atoms with E-state index in [-0.39, 0.29) is 0 Å². The summed E-state index contributed by atoms with van der Waals surface area (Å²) in [5, 5.41) is 1.58. The Bertz CT molecular complexity index is 1920. The number of anilines is 1. The van der Waals surface area contributed by atoms with Gasteiger partial charge in [-0.05, 0) is 102 Å². The van der Waals surface area contributed by atoms with Crippen molar-refractivity contribution in [3.05, 3.63) is 152 Å². The van der Waals surface area contributed by atoms with Crippen molar-refractivity contribution in [1.82, 2.24) is 0 Å². The van der Waals surface area contributed by atoms with E-state index in [0.717, 1.165) is 22.4 Å². The summed E-state index contributed by atoms with van der Waals surface area (Å²) in [6.07, 6.45) is 0. The molecule has 0 amide bonds. The third-order valence-corrected chi connectivity index (χ3v) is 9.04. The molecular formula is C42H37NO2. The van der Waals surface area contributed by atoms with Crippen molar-refractivity contribution in [2.24, 2.45) is 0 Å². The van der Waals surface area contributed by atoms with Gasteiger partial charge in [-0.25, -0.2) is 9.68 Å². The zero-order valence-electron chi connectivity index (χ0n) is 26.2. The second-order valence-corrected chi connectivity index (χ2v) is 12.6. The van der Waals surface area contributed by atoms with Crippen molar-refractivity contribution in [2.45, 2.75) is 38.9 Å². The van der Waals surface area contributed by atoms with E-state index in [9.17, 15) is 0 Å². The highest BCUT2D eigenvalue weighted by Gasteiger charge is 2.50. The minimum absolute atomic E-state index is 0.490. The van der Waals surface area contributed by atoms with Gasteiger partial charge in [0.2, 0.25) is 0 Å². The maximum Gasteiger partial charge on any atom is 0.124 e. The van der Waals surface area contributed by atoms with Gasteiger partial charge in [-0.1, -0.05) is 133 Å². The largest absolute Gasteiger partial charge is 0.239 e. The average molecular weight is 588 g/mol. The maximum atomic E-state index is 6.33. The van der Waals surface area contributed by atoms with Gasteiger partial charge in [0, 0.05) is 0 Å². The van der Waals surface area contributed by atoms with Crippen molar-refractivity contribution in [3.63, 3.8) is 0 Å². The van der Waals surface area contributed by atoms with E-state index in [1.165, 1.54) is 38.9 Å². The van der Waals surface area contributed by atoms with E-state index in [1.54, 1.807) is 5.23 Å². The lowest BCUT2D eigenvalue weighted by Crippen LogP contribution is -2.41. The van der Waals surface area contributed by atoms with Crippen LogP contribution in [0.4, 0.5) is 5.69 Å². The molecule has 0 N–H and O–H groups in total. The van der Waals surface area contributed by atoms with Gasteiger partial charge in [-0.15, -0.1) is 5.23 Å². The first-order valence-electron chi connectivity index (χ1n) is 15.5. The van der Waals surface area contributed by atoms with Crippen molar-refractivity contribution >= 4 is 5.69 Å². The summed E-state index contributed by atoms with van der Waals surface area (Å²) < 4.78 is 0. The van der Waals surface area contributed by atoms with Gasteiger partial charge in [0.1, 0.15) is 11.2 Å². The highest BCUT2D eigenvalue weighted by Crippen LogP contribution is 2.50. The predicted molar refractivity (Wildman–Crippen MR) is 186 cm³/mol. The Morgan fingerprint density at radius 1 is 0.378 bits per heavy atom. The zero-order valence-corrected chi connectivity index (χ0v) is 26.2. The van der Waals surface area contributed by atoms with Gasteiger partial charge in [-0.2, -0.15) is 0 Å². The standard InChI is InChI=1S/C42H37NO2/c1-41(2)42(3,4)45-43(44-41)35-27-17-26-34(28-35)37-29-36(30-18-9-5-10-19-30)38(31-20-11-6-12-21-31)40(33-24-15-8-16-25-33)39(37)32-22-13-7-14-23-32/h5-29H,1-4H3. The molecular weight excluding hydrogens is 550 g/mol. The van der Waals surface area contributed by atoms with Crippen LogP contribution in [-0.2, 0) is 9.68 Å². The van der Waals surface area contributed by atoms with Gasteiger partial charge < -0.3 is 0 Å². The van der Waals surface area contributed by atoms with Crippen LogP contribution in [0.5, 0.6) is 0 Å². The smallest absolute Gasteiger partial charge is 0.124 e. The fraction of sp³-hybridized carbons (Fsp3) is 0.143. The summed E-state index contributed by atoms with van der Waals surface area (Å²) in [6, 6.07) is 53.8. The number of benzene rings is 6. The van der Waals surface area contributed by atoms with E-state index < -0.39 is 11.2 Å². The van der Waals surface area contributed by atoms with Crippen LogP contribution in [0.1, 0.15) is 27.7 Å². The van der Waals surface area contributed by atoms with Gasteiger partial charge in [-0.3, -0.25) is 0 Å². The lowest BCUT2D eigenvalue weighted by molar-refractivity contribution is -0.0272. The van der Waals surface area contributed by atoms with Crippen LogP contribution in [0.2, 0.25) is 0 Å². The molecule has 1 heterocycles. The number of hydrogen-bond donors (Lipinski definition) is 0. The number of rotatable bonds is 6. The Hall–Kier alpha value is -4.96. The summed E-state index contributed by atoms with van der Waals surface area (Å²) in [4.78, 5) is 12.7. The third-order valence-electron chi connectivity index (χ3n) is 9.04. The van der Waals surface area contributed by atoms with Crippen LogP contribution in [0.15, 0.2) is 152 Å². The van der Waals surface area contributed by atoms with E-state index >= 15 is 0 Å². The molecule has 1 aliphatic rings. The summed E-state index contributed by atoms with van der Waals surface area (Å²) in [7, 11) is 0. The summed E-state index contributed by atoms with van der Waals surface area (Å²) in [6.45, 7) is 8.24. The molecule has 0 spiro atoms. The Labute approximate surface area is 266 Å². The fourth-order valence-electron chi connectivity index (χ4n) is 6.00. The molecule has 0 atom stereocenters. The van der Waals surface area contributed by atoms with Crippen molar-refractivity contribution in [3.8, 4) is 55.6 Å². The summed E-state index contributed by atoms with van der Waals surface area (Å²) >= 11 is 0. The van der Waals surface area contributed by atoms with Crippen molar-refractivity contribution in [1.29, 1.82) is 0 Å². The lowest BCUT2D eigenvalue weighted by atomic mass is 9.79. The zero-order chi connectivity index (χ0) is 31.0. The lowest BCUT2D eigenvalue weighted by Gasteiger charge is -2.26. The molecule has 1 saturated heterocycles. The molecule has 6 aromatic carbocycles. The van der Waals surface area contributed by atoms with Gasteiger partial charge >= 0.3 is 0 Å². The van der Waals surface area contributed by atoms with Crippen LogP contribution in [0, 0.1) is 0 Å². The van der Waals surface area contributed by atoms with E-state index in [1.807, 2.05) is 6.07 Å². The molecule has 1 aliphatic heterocycles. The molecule has 0 bridgehead atoms. The van der Waals surface area contributed by atoms with Gasteiger partial charge in [0.15, 0.2) is 0 Å². The van der Waals surface area contributed by atoms with E-state index in [0.29, 0.717) is 0 Å². The topological polar surface area (TPSA) is 21.7 Å². The van der Waals surface area contributed by atoms with Crippen LogP contribution < -0.4 is 5.23 Å². The molecule has 3 heteroatoms. The van der Waals surface area contributed by atoms with E-state index in [2.05, 4.69) is 173 Å². The number of nitrogens with zero attached hydrogens (tertiary/aromatic N) is 1. The minimum atomic E-state index is -0.490. The third kappa shape index (κ3) is 5.35. The van der Waals surface area contributed by atoms with E-state index in [4.69, 9.17) is 9.68 Å². The molecule has 3 nitrogen and oxygen atoms in total. The van der Waals surface area contributed by atoms with Crippen molar-refractivity contribution < 1.29 is 9.68 Å². The number of hydrogen-bond acceptors (Lipinski definition) is 3. The Kier molecular flexibility index (Phi) is 7.37. The summed E-state index contributed by atoms with van der Waals surface area (Å²) in [5.74, 6) is 0. The quantitative estimate of drug-likeness (QED) is 0.193. The van der Waals surface area contributed by atoms with Crippen LogP contribution in [-0.4, -0.2) is 11.2 Å². The Morgan fingerprint density at radius 2 is 0.756 bits per heavy atom. The van der Waals surface area contributed by atoms with Gasteiger partial charge in [0.25, 0.3) is 0 Å². The SMILES string of the molecule is CC1(C)ON(c2cccc(-c3cc(-c4ccccc4)c(-c4ccccc4)c(-c4ccccc4)c3-c3ccccc3)c2)OC1(C)C. The first kappa shape index (κ1) is 28.8. The van der Waals surface area contributed by atoms with Crippen LogP contribution >= 0.6 is 0 Å². The van der Waals surface area contributed by atoms with Crippen LogP contribution in [0.3, 0.4) is 0 Å².